The molecule has 8 heteroatoms. The van der Waals surface area contributed by atoms with Crippen LogP contribution in [0.15, 0.2) is 42.5 Å². The van der Waals surface area contributed by atoms with E-state index in [0.29, 0.717) is 35.4 Å². The van der Waals surface area contributed by atoms with Crippen LogP contribution in [0, 0.1) is 0 Å². The highest BCUT2D eigenvalue weighted by atomic mass is 16.6. The van der Waals surface area contributed by atoms with Crippen molar-refractivity contribution in [2.75, 3.05) is 48.1 Å². The lowest BCUT2D eigenvalue weighted by atomic mass is 9.76. The Bertz CT molecular complexity index is 1350. The number of hydrogen-bond donors (Lipinski definition) is 0. The second-order valence-corrected chi connectivity index (χ2v) is 9.32. The van der Waals surface area contributed by atoms with Crippen LogP contribution in [-0.2, 0) is 17.6 Å². The van der Waals surface area contributed by atoms with Crippen LogP contribution in [0.1, 0.15) is 29.7 Å². The van der Waals surface area contributed by atoms with Gasteiger partial charge in [0, 0.05) is 31.6 Å². The lowest BCUT2D eigenvalue weighted by Gasteiger charge is -2.42. The van der Waals surface area contributed by atoms with Gasteiger partial charge in [-0.15, -0.1) is 0 Å². The molecule has 0 fully saturated rings. The van der Waals surface area contributed by atoms with Crippen LogP contribution in [0.5, 0.6) is 34.5 Å². The van der Waals surface area contributed by atoms with E-state index in [0.717, 1.165) is 53.9 Å². The number of ether oxygens (including phenoxy) is 6. The Labute approximate surface area is 223 Å². The maximum atomic E-state index is 12.2. The van der Waals surface area contributed by atoms with Gasteiger partial charge in [0.15, 0.2) is 34.5 Å². The average molecular weight is 520 g/mol. The van der Waals surface area contributed by atoms with E-state index in [4.69, 9.17) is 28.4 Å². The van der Waals surface area contributed by atoms with Gasteiger partial charge in [0.25, 0.3) is 0 Å². The fraction of sp³-hybridized carbons (Fsp3) is 0.367. The number of esters is 1. The van der Waals surface area contributed by atoms with Crippen molar-refractivity contribution < 1.29 is 33.2 Å². The number of rotatable bonds is 9. The molecule has 38 heavy (non-hydrogen) atoms. The van der Waals surface area contributed by atoms with Crippen molar-refractivity contribution >= 4 is 5.97 Å². The Morgan fingerprint density at radius 3 is 2.21 bits per heavy atom. The number of carbonyl (C=O) groups is 1. The second kappa shape index (κ2) is 10.8. The average Bonchev–Trinajstić information content (AvgIpc) is 2.93. The zero-order valence-electron chi connectivity index (χ0n) is 22.5. The number of para-hydroxylation sites is 2. The van der Waals surface area contributed by atoms with E-state index in [9.17, 15) is 4.79 Å². The molecule has 8 nitrogen and oxygen atoms in total. The summed E-state index contributed by atoms with van der Waals surface area (Å²) < 4.78 is 34.3. The molecule has 0 bridgehead atoms. The monoisotopic (exact) mass is 519 g/mol. The molecule has 0 N–H and O–H groups in total. The van der Waals surface area contributed by atoms with Crippen LogP contribution in [0.4, 0.5) is 0 Å². The van der Waals surface area contributed by atoms with Gasteiger partial charge in [0.2, 0.25) is 0 Å². The smallest absolute Gasteiger partial charge is 0.308 e. The van der Waals surface area contributed by atoms with Crippen LogP contribution in [0.25, 0.3) is 11.1 Å². The van der Waals surface area contributed by atoms with E-state index >= 15 is 0 Å². The van der Waals surface area contributed by atoms with Crippen molar-refractivity contribution in [2.45, 2.75) is 25.8 Å². The minimum absolute atomic E-state index is 0.0702. The van der Waals surface area contributed by atoms with Crippen LogP contribution in [0.3, 0.4) is 0 Å². The molecule has 2 aliphatic rings. The van der Waals surface area contributed by atoms with Crippen molar-refractivity contribution in [3.05, 3.63) is 59.2 Å². The Morgan fingerprint density at radius 1 is 0.868 bits per heavy atom. The minimum atomic E-state index is -0.401. The Hall–Kier alpha value is -3.91. The molecule has 200 valence electrons. The third kappa shape index (κ3) is 4.60. The van der Waals surface area contributed by atoms with E-state index in [-0.39, 0.29) is 6.04 Å². The molecule has 0 aromatic heterocycles. The van der Waals surface area contributed by atoms with Gasteiger partial charge in [0.05, 0.1) is 28.4 Å². The predicted octanol–water partition coefficient (Wildman–Crippen LogP) is 4.85. The summed E-state index contributed by atoms with van der Waals surface area (Å²) >= 11 is 0. The number of methoxy groups -OCH3 is 4. The van der Waals surface area contributed by atoms with E-state index in [2.05, 4.69) is 4.90 Å². The fourth-order valence-electron chi connectivity index (χ4n) is 5.60. The zero-order chi connectivity index (χ0) is 26.8. The van der Waals surface area contributed by atoms with Crippen molar-refractivity contribution in [3.8, 4) is 45.6 Å². The summed E-state index contributed by atoms with van der Waals surface area (Å²) in [6.07, 6.45) is 1.61. The fourth-order valence-corrected chi connectivity index (χ4v) is 5.60. The maximum Gasteiger partial charge on any atom is 0.308 e. The summed E-state index contributed by atoms with van der Waals surface area (Å²) in [5.74, 6) is 3.29. The summed E-state index contributed by atoms with van der Waals surface area (Å²) in [6.45, 7) is 3.50. The van der Waals surface area contributed by atoms with Gasteiger partial charge >= 0.3 is 5.97 Å². The highest BCUT2D eigenvalue weighted by Crippen LogP contribution is 2.54. The van der Waals surface area contributed by atoms with E-state index in [1.165, 1.54) is 12.5 Å². The quantitative estimate of drug-likeness (QED) is 0.294. The van der Waals surface area contributed by atoms with Gasteiger partial charge in [-0.1, -0.05) is 12.1 Å². The van der Waals surface area contributed by atoms with Crippen molar-refractivity contribution in [2.24, 2.45) is 0 Å². The lowest BCUT2D eigenvalue weighted by molar-refractivity contribution is -0.131. The molecule has 0 radical (unpaired) electrons. The molecule has 1 unspecified atom stereocenters. The lowest BCUT2D eigenvalue weighted by Crippen LogP contribution is -2.40. The second-order valence-electron chi connectivity index (χ2n) is 9.32. The highest BCUT2D eigenvalue weighted by Gasteiger charge is 2.38. The molecule has 1 atom stereocenters. The van der Waals surface area contributed by atoms with Crippen LogP contribution >= 0.6 is 0 Å². The molecule has 0 spiro atoms. The summed E-state index contributed by atoms with van der Waals surface area (Å²) in [6, 6.07) is 13.7. The predicted molar refractivity (Wildman–Crippen MR) is 143 cm³/mol. The SMILES string of the molecule is COc1cc2c(cc1OC)-c1c(OC(C)=O)c(OC)cc3c1C(C2)N(CCOc1ccccc1OC)CC3. The standard InChI is InChI=1S/C30H33NO7/c1-18(32)38-30-27(36-5)15-19-10-11-31(12-13-37-24-9-7-6-8-23(24)33-2)22-14-20-16-25(34-3)26(35-4)17-21(20)29(30)28(19)22/h6-9,15-17,22H,10-14H2,1-5H3. The summed E-state index contributed by atoms with van der Waals surface area (Å²) in [7, 11) is 6.49. The molecular formula is C30H33NO7. The Balaban J connectivity index is 1.57. The summed E-state index contributed by atoms with van der Waals surface area (Å²) in [5, 5.41) is 0. The van der Waals surface area contributed by atoms with Gasteiger partial charge in [-0.25, -0.2) is 0 Å². The first-order valence-electron chi connectivity index (χ1n) is 12.7. The minimum Gasteiger partial charge on any atom is -0.493 e. The number of fused-ring (bicyclic) bond motifs is 2. The molecule has 0 amide bonds. The molecule has 0 saturated heterocycles. The first-order valence-corrected chi connectivity index (χ1v) is 12.7. The Kier molecular flexibility index (Phi) is 7.33. The van der Waals surface area contributed by atoms with Crippen LogP contribution < -0.4 is 28.4 Å². The summed E-state index contributed by atoms with van der Waals surface area (Å²) in [4.78, 5) is 14.6. The molecule has 3 aromatic carbocycles. The van der Waals surface area contributed by atoms with E-state index < -0.39 is 5.97 Å². The maximum absolute atomic E-state index is 12.2. The van der Waals surface area contributed by atoms with Crippen molar-refractivity contribution in [3.63, 3.8) is 0 Å². The molecule has 5 rings (SSSR count). The number of hydrogen-bond acceptors (Lipinski definition) is 8. The number of benzene rings is 3. The first-order chi connectivity index (χ1) is 18.5. The highest BCUT2D eigenvalue weighted by molar-refractivity contribution is 5.87. The summed E-state index contributed by atoms with van der Waals surface area (Å²) in [5.41, 5.74) is 5.27. The largest absolute Gasteiger partial charge is 0.493 e. The topological polar surface area (TPSA) is 75.7 Å². The third-order valence-electron chi connectivity index (χ3n) is 7.28. The molecule has 0 saturated carbocycles. The van der Waals surface area contributed by atoms with E-state index in [1.54, 1.807) is 28.4 Å². The molecule has 1 aliphatic carbocycles. The molecule has 3 aromatic rings. The normalized spacial score (nSPS) is 15.7. The van der Waals surface area contributed by atoms with E-state index in [1.807, 2.05) is 42.5 Å². The number of nitrogens with zero attached hydrogens (tertiary/aromatic N) is 1. The zero-order valence-corrected chi connectivity index (χ0v) is 22.5. The first kappa shape index (κ1) is 25.7. The van der Waals surface area contributed by atoms with Gasteiger partial charge in [-0.3, -0.25) is 9.69 Å². The van der Waals surface area contributed by atoms with Crippen LogP contribution in [-0.4, -0.2) is 59.0 Å². The van der Waals surface area contributed by atoms with Gasteiger partial charge in [-0.05, 0) is 65.4 Å². The molecule has 1 aliphatic heterocycles. The molecule has 1 heterocycles. The Morgan fingerprint density at radius 2 is 1.53 bits per heavy atom. The van der Waals surface area contributed by atoms with Crippen LogP contribution in [0.2, 0.25) is 0 Å². The van der Waals surface area contributed by atoms with Crippen molar-refractivity contribution in [1.29, 1.82) is 0 Å². The molecular weight excluding hydrogens is 486 g/mol. The van der Waals surface area contributed by atoms with Gasteiger partial charge < -0.3 is 28.4 Å². The van der Waals surface area contributed by atoms with Gasteiger partial charge in [0.1, 0.15) is 6.61 Å². The number of carbonyl (C=O) groups excluding carboxylic acids is 1. The third-order valence-corrected chi connectivity index (χ3v) is 7.28. The van der Waals surface area contributed by atoms with Gasteiger partial charge in [-0.2, -0.15) is 0 Å². The van der Waals surface area contributed by atoms with Crippen molar-refractivity contribution in [1.82, 2.24) is 4.90 Å².